The van der Waals surface area contributed by atoms with E-state index in [9.17, 15) is 4.79 Å². The summed E-state index contributed by atoms with van der Waals surface area (Å²) in [6.07, 6.45) is 31.7. The molecule has 3 aliphatic heterocycles. The molecule has 3 heterocycles. The largest absolute Gasteiger partial charge is 0.289 e. The summed E-state index contributed by atoms with van der Waals surface area (Å²) in [4.78, 5) is 14.1. The highest BCUT2D eigenvalue weighted by molar-refractivity contribution is 6.67. The van der Waals surface area contributed by atoms with E-state index in [4.69, 9.17) is 0 Å². The lowest BCUT2D eigenvalue weighted by Gasteiger charge is -2.69. The van der Waals surface area contributed by atoms with Crippen LogP contribution >= 0.6 is 0 Å². The van der Waals surface area contributed by atoms with Crippen LogP contribution in [0.2, 0.25) is 17.5 Å². The Balaban J connectivity index is 1.31. The number of hydrogen-bond donors (Lipinski definition) is 0. The number of fused-ring (bicyclic) bond motifs is 8. The van der Waals surface area contributed by atoms with Crippen molar-refractivity contribution in [1.82, 2.24) is 0 Å². The van der Waals surface area contributed by atoms with Crippen LogP contribution in [-0.4, -0.2) is 12.5 Å². The molecule has 8 atom stereocenters. The molecule has 11 rings (SSSR count). The molecule has 1 spiro atoms. The fourth-order valence-electron chi connectivity index (χ4n) is 11.8. The average Bonchev–Trinajstić information content (AvgIpc) is 3.05. The number of carbonyl (C=O) groups is 1. The van der Waals surface area contributed by atoms with Crippen LogP contribution in [-0.2, 0) is 5.41 Å². The summed E-state index contributed by atoms with van der Waals surface area (Å²) in [5, 5.41) is 0. The van der Waals surface area contributed by atoms with Crippen molar-refractivity contribution >= 4 is 12.5 Å². The number of carbonyl (C=O) groups excluding carboxylic acids is 1. The van der Waals surface area contributed by atoms with E-state index in [0.717, 1.165) is 11.1 Å². The van der Waals surface area contributed by atoms with Crippen LogP contribution in [0.5, 0.6) is 0 Å². The van der Waals surface area contributed by atoms with Gasteiger partial charge in [0.05, 0.1) is 0 Å². The first kappa shape index (κ1) is 22.4. The third kappa shape index (κ3) is 2.29. The highest BCUT2D eigenvalue weighted by Crippen LogP contribution is 2.76. The van der Waals surface area contributed by atoms with E-state index in [1.807, 2.05) is 0 Å². The first-order valence-electron chi connectivity index (χ1n) is 15.8. The Kier molecular flexibility index (Phi) is 3.96. The number of rotatable bonds is 0. The number of benzene rings is 2. The third-order valence-electron chi connectivity index (χ3n) is 12.7. The SMILES string of the molecule is O=C1c2ccccc2C2(C3=CC=C4C=CC=C5C6C=CC=C7C8C=CC=C9C=CC2C(B(C76)C3C45)C98)c2ccccc21. The summed E-state index contributed by atoms with van der Waals surface area (Å²) in [6, 6.07) is 17.2. The molecule has 2 aromatic carbocycles. The topological polar surface area (TPSA) is 17.1 Å². The quantitative estimate of drug-likeness (QED) is 0.311. The zero-order chi connectivity index (χ0) is 27.3. The smallest absolute Gasteiger partial charge is 0.193 e. The molecule has 3 fully saturated rings. The molecule has 6 aliphatic carbocycles. The predicted octanol–water partition coefficient (Wildman–Crippen LogP) is 8.17. The minimum atomic E-state index is -0.368. The van der Waals surface area contributed by atoms with Crippen molar-refractivity contribution in [3.05, 3.63) is 178 Å². The molecule has 0 radical (unpaired) electrons. The first-order chi connectivity index (χ1) is 20.8. The summed E-state index contributed by atoms with van der Waals surface area (Å²) in [5.41, 5.74) is 11.7. The molecule has 0 amide bonds. The van der Waals surface area contributed by atoms with E-state index >= 15 is 0 Å². The maximum Gasteiger partial charge on any atom is 0.193 e. The zero-order valence-corrected chi connectivity index (χ0v) is 23.2. The lowest BCUT2D eigenvalue weighted by molar-refractivity contribution is 0.102. The predicted molar refractivity (Wildman–Crippen MR) is 169 cm³/mol. The van der Waals surface area contributed by atoms with Gasteiger partial charge >= 0.3 is 0 Å². The summed E-state index contributed by atoms with van der Waals surface area (Å²) in [7, 11) is 0. The van der Waals surface area contributed by atoms with Gasteiger partial charge in [0.1, 0.15) is 0 Å². The highest BCUT2D eigenvalue weighted by Gasteiger charge is 2.71. The van der Waals surface area contributed by atoms with E-state index in [1.54, 1.807) is 16.7 Å². The Hall–Kier alpha value is -4.17. The van der Waals surface area contributed by atoms with Crippen molar-refractivity contribution < 1.29 is 4.79 Å². The van der Waals surface area contributed by atoms with Gasteiger partial charge in [0, 0.05) is 28.4 Å². The summed E-state index contributed by atoms with van der Waals surface area (Å²) in [5.74, 6) is 3.65. The van der Waals surface area contributed by atoms with Gasteiger partial charge in [-0.1, -0.05) is 144 Å². The van der Waals surface area contributed by atoms with E-state index in [2.05, 4.69) is 128 Å². The zero-order valence-electron chi connectivity index (χ0n) is 23.2. The van der Waals surface area contributed by atoms with Gasteiger partial charge in [-0.25, -0.2) is 0 Å². The van der Waals surface area contributed by atoms with Crippen LogP contribution in [0.15, 0.2) is 155 Å². The lowest BCUT2D eigenvalue weighted by atomic mass is 9.10. The van der Waals surface area contributed by atoms with Crippen molar-refractivity contribution in [2.24, 2.45) is 29.6 Å². The second-order valence-corrected chi connectivity index (χ2v) is 13.8. The second-order valence-electron chi connectivity index (χ2n) is 13.8. The third-order valence-corrected chi connectivity index (χ3v) is 12.7. The molecule has 8 unspecified atom stereocenters. The molecule has 2 heteroatoms. The molecule has 0 bridgehead atoms. The highest BCUT2D eigenvalue weighted by atomic mass is 16.1. The van der Waals surface area contributed by atoms with Crippen LogP contribution < -0.4 is 0 Å². The van der Waals surface area contributed by atoms with Crippen molar-refractivity contribution in [3.8, 4) is 0 Å². The molecule has 9 aliphatic rings. The van der Waals surface area contributed by atoms with Gasteiger partial charge in [0.2, 0.25) is 0 Å². The fraction of sp³-hybridized carbons (Fsp3) is 0.225. The summed E-state index contributed by atoms with van der Waals surface area (Å²) < 4.78 is 0. The Morgan fingerprint density at radius 3 is 2.21 bits per heavy atom. The standard InChI is InChI=1S/C40H29BO/c42-39-28-10-1-3-16-30(28)40(31-17-4-2-11-29(31)39)32-20-18-22-8-5-12-24-26-14-7-15-27-25-13-6-9-23-19-21-33(40)38(35(23)25)41(36(26)27)37(32)34(22)24/h1-21,24,27,32,34-38H. The van der Waals surface area contributed by atoms with Gasteiger partial charge in [-0.2, -0.15) is 0 Å². The fourth-order valence-corrected chi connectivity index (χ4v) is 11.8. The average molecular weight is 536 g/mol. The second kappa shape index (κ2) is 7.42. The van der Waals surface area contributed by atoms with Gasteiger partial charge < -0.3 is 0 Å². The van der Waals surface area contributed by atoms with Crippen LogP contribution in [0, 0.1) is 29.6 Å². The Morgan fingerprint density at radius 1 is 0.643 bits per heavy atom. The minimum Gasteiger partial charge on any atom is -0.289 e. The Morgan fingerprint density at radius 2 is 1.38 bits per heavy atom. The van der Waals surface area contributed by atoms with Gasteiger partial charge in [0.15, 0.2) is 12.5 Å². The molecule has 1 nitrogen and oxygen atoms in total. The van der Waals surface area contributed by atoms with Crippen molar-refractivity contribution in [3.63, 3.8) is 0 Å². The number of allylic oxidation sites excluding steroid dienone is 18. The lowest BCUT2D eigenvalue weighted by Crippen LogP contribution is -2.65. The van der Waals surface area contributed by atoms with Crippen LogP contribution in [0.3, 0.4) is 0 Å². The molecular weight excluding hydrogens is 507 g/mol. The maximum atomic E-state index is 14.1. The van der Waals surface area contributed by atoms with E-state index in [0.29, 0.717) is 47.8 Å². The minimum absolute atomic E-state index is 0.177. The van der Waals surface area contributed by atoms with Gasteiger partial charge in [0.25, 0.3) is 0 Å². The van der Waals surface area contributed by atoms with E-state index in [-0.39, 0.29) is 17.1 Å². The Bertz CT molecular complexity index is 1920. The van der Waals surface area contributed by atoms with Crippen molar-refractivity contribution in [2.75, 3.05) is 0 Å². The van der Waals surface area contributed by atoms with Crippen molar-refractivity contribution in [1.29, 1.82) is 0 Å². The van der Waals surface area contributed by atoms with Crippen LogP contribution in [0.4, 0.5) is 0 Å². The molecule has 198 valence electrons. The molecule has 42 heavy (non-hydrogen) atoms. The van der Waals surface area contributed by atoms with Crippen molar-refractivity contribution in [2.45, 2.75) is 22.9 Å². The molecule has 2 aromatic rings. The first-order valence-corrected chi connectivity index (χ1v) is 15.8. The van der Waals surface area contributed by atoms with Gasteiger partial charge in [-0.05, 0) is 57.5 Å². The monoisotopic (exact) mass is 536 g/mol. The van der Waals surface area contributed by atoms with E-state index < -0.39 is 0 Å². The molecule has 0 saturated carbocycles. The molecular formula is C40H29BO. The normalized spacial score (nSPS) is 37.1. The maximum absolute atomic E-state index is 14.1. The molecule has 0 N–H and O–H groups in total. The van der Waals surface area contributed by atoms with E-state index in [1.165, 1.54) is 22.3 Å². The molecule has 3 saturated heterocycles. The number of hydrogen-bond acceptors (Lipinski definition) is 1. The number of ketones is 1. The summed E-state index contributed by atoms with van der Waals surface area (Å²) in [6.45, 7) is 0.559. The van der Waals surface area contributed by atoms with Crippen LogP contribution in [0.1, 0.15) is 27.0 Å². The van der Waals surface area contributed by atoms with Gasteiger partial charge in [-0.15, -0.1) is 0 Å². The van der Waals surface area contributed by atoms with Gasteiger partial charge in [-0.3, -0.25) is 4.79 Å². The summed E-state index contributed by atoms with van der Waals surface area (Å²) >= 11 is 0. The van der Waals surface area contributed by atoms with Crippen LogP contribution in [0.25, 0.3) is 0 Å². The molecule has 0 aromatic heterocycles. The Labute approximate surface area is 246 Å².